The molecule has 0 radical (unpaired) electrons. The van der Waals surface area contributed by atoms with Crippen molar-refractivity contribution in [3.05, 3.63) is 79.6 Å². The number of hydrogen-bond acceptors (Lipinski definition) is 6. The molecule has 0 spiro atoms. The van der Waals surface area contributed by atoms with E-state index in [9.17, 15) is 19.5 Å². The summed E-state index contributed by atoms with van der Waals surface area (Å²) in [6, 6.07) is 12.7. The van der Waals surface area contributed by atoms with Crippen molar-refractivity contribution in [2.45, 2.75) is 39.8 Å². The van der Waals surface area contributed by atoms with E-state index < -0.39 is 23.3 Å². The summed E-state index contributed by atoms with van der Waals surface area (Å²) in [5.41, 5.74) is 0.921. The number of rotatable bonds is 10. The maximum atomic E-state index is 13.3. The first kappa shape index (κ1) is 24.5. The summed E-state index contributed by atoms with van der Waals surface area (Å²) in [4.78, 5) is 41.4. The van der Waals surface area contributed by atoms with Crippen molar-refractivity contribution < 1.29 is 14.6 Å². The molecule has 0 aliphatic heterocycles. The lowest BCUT2D eigenvalue weighted by Gasteiger charge is -2.17. The Bertz CT molecular complexity index is 1350. The molecule has 3 aromatic rings. The van der Waals surface area contributed by atoms with Crippen molar-refractivity contribution in [3.8, 4) is 5.75 Å². The molecule has 2 N–H and O–H groups in total. The topological polar surface area (TPSA) is 115 Å². The van der Waals surface area contributed by atoms with Crippen molar-refractivity contribution in [3.63, 3.8) is 0 Å². The Hall–Kier alpha value is -3.59. The Labute approximate surface area is 207 Å². The number of carbonyl (C=O) groups is 1. The molecule has 10 heteroatoms. The molecule has 4 rings (SSSR count). The van der Waals surface area contributed by atoms with E-state index in [-0.39, 0.29) is 19.0 Å². The summed E-state index contributed by atoms with van der Waals surface area (Å²) in [6.45, 7) is 3.86. The average molecular weight is 499 g/mol. The van der Waals surface area contributed by atoms with Gasteiger partial charge in [-0.1, -0.05) is 48.4 Å². The van der Waals surface area contributed by atoms with Crippen LogP contribution in [0.15, 0.2) is 52.1 Å². The highest BCUT2D eigenvalue weighted by atomic mass is 35.5. The van der Waals surface area contributed by atoms with Gasteiger partial charge in [-0.05, 0) is 49.4 Å². The first-order chi connectivity index (χ1) is 16.7. The molecule has 0 amide bonds. The van der Waals surface area contributed by atoms with E-state index in [2.05, 4.69) is 10.3 Å². The van der Waals surface area contributed by atoms with Crippen LogP contribution in [0.2, 0.25) is 5.02 Å². The number of aryl methyl sites for hydroxylation is 1. The Morgan fingerprint density at radius 2 is 1.91 bits per heavy atom. The van der Waals surface area contributed by atoms with E-state index in [0.29, 0.717) is 29.0 Å². The summed E-state index contributed by atoms with van der Waals surface area (Å²) in [7, 11) is 0. The molecule has 1 aromatic heterocycles. The van der Waals surface area contributed by atoms with Crippen LogP contribution in [0.25, 0.3) is 0 Å². The van der Waals surface area contributed by atoms with Crippen LogP contribution >= 0.6 is 11.6 Å². The molecular formula is C25H27ClN4O5. The van der Waals surface area contributed by atoms with Crippen molar-refractivity contribution in [1.82, 2.24) is 14.1 Å². The maximum absolute atomic E-state index is 13.3. The third-order valence-electron chi connectivity index (χ3n) is 5.85. The SMILES string of the molecule is Cc1ccc(Cn2c(Nc3ccc(OCC4CC4)c(Cl)c3)nc(=O)n(C[C@H](C)C(=O)O)c2=O)cc1. The summed E-state index contributed by atoms with van der Waals surface area (Å²) in [6.07, 6.45) is 2.33. The van der Waals surface area contributed by atoms with Crippen LogP contribution in [-0.2, 0) is 17.9 Å². The van der Waals surface area contributed by atoms with E-state index in [1.807, 2.05) is 31.2 Å². The zero-order valence-corrected chi connectivity index (χ0v) is 20.3. The van der Waals surface area contributed by atoms with Crippen LogP contribution in [-0.4, -0.2) is 31.8 Å². The smallest absolute Gasteiger partial charge is 0.354 e. The van der Waals surface area contributed by atoms with Gasteiger partial charge in [-0.25, -0.2) is 14.2 Å². The Balaban J connectivity index is 1.68. The summed E-state index contributed by atoms with van der Waals surface area (Å²) >= 11 is 6.38. The first-order valence-electron chi connectivity index (χ1n) is 11.4. The number of carboxylic acid groups (broad SMARTS) is 1. The molecule has 1 saturated carbocycles. The Morgan fingerprint density at radius 1 is 1.20 bits per heavy atom. The van der Waals surface area contributed by atoms with E-state index >= 15 is 0 Å². The molecule has 184 valence electrons. The lowest BCUT2D eigenvalue weighted by molar-refractivity contribution is -0.141. The molecule has 35 heavy (non-hydrogen) atoms. The number of aliphatic carboxylic acids is 1. The second kappa shape index (κ2) is 10.4. The van der Waals surface area contributed by atoms with Gasteiger partial charge in [-0.15, -0.1) is 0 Å². The predicted molar refractivity (Wildman–Crippen MR) is 133 cm³/mol. The summed E-state index contributed by atoms with van der Waals surface area (Å²) in [5, 5.41) is 12.7. The van der Waals surface area contributed by atoms with E-state index in [1.165, 1.54) is 11.5 Å². The Morgan fingerprint density at radius 3 is 2.54 bits per heavy atom. The van der Waals surface area contributed by atoms with E-state index in [0.717, 1.165) is 28.5 Å². The fourth-order valence-electron chi connectivity index (χ4n) is 3.47. The van der Waals surface area contributed by atoms with Crippen LogP contribution in [0.3, 0.4) is 0 Å². The second-order valence-corrected chi connectivity index (χ2v) is 9.35. The fourth-order valence-corrected chi connectivity index (χ4v) is 3.70. The zero-order valence-electron chi connectivity index (χ0n) is 19.5. The third kappa shape index (κ3) is 6.10. The van der Waals surface area contributed by atoms with Gasteiger partial charge >= 0.3 is 17.3 Å². The molecule has 1 heterocycles. The van der Waals surface area contributed by atoms with Gasteiger partial charge in [0.05, 0.1) is 24.1 Å². The molecule has 9 nitrogen and oxygen atoms in total. The van der Waals surface area contributed by atoms with Gasteiger partial charge in [0, 0.05) is 12.2 Å². The van der Waals surface area contributed by atoms with Crippen molar-refractivity contribution in [2.75, 3.05) is 11.9 Å². The van der Waals surface area contributed by atoms with Crippen LogP contribution in [0.1, 0.15) is 30.9 Å². The fraction of sp³-hybridized carbons (Fsp3) is 0.360. The molecule has 0 unspecified atom stereocenters. The van der Waals surface area contributed by atoms with Crippen LogP contribution in [0, 0.1) is 18.8 Å². The highest BCUT2D eigenvalue weighted by molar-refractivity contribution is 6.32. The molecule has 0 bridgehead atoms. The zero-order chi connectivity index (χ0) is 25.1. The molecule has 0 saturated heterocycles. The largest absolute Gasteiger partial charge is 0.492 e. The standard InChI is InChI=1S/C25H27ClN4O5/c1-15-3-5-17(6-4-15)13-29-23(28-24(33)30(25(29)34)12-16(2)22(31)32)27-19-9-10-21(20(26)11-19)35-14-18-7-8-18/h3-6,9-11,16,18H,7-8,12-14H2,1-2H3,(H,31,32)(H,27,28,33)/t16-/m0/s1. The quantitative estimate of drug-likeness (QED) is 0.438. The van der Waals surface area contributed by atoms with Gasteiger partial charge < -0.3 is 15.2 Å². The number of halogens is 1. The first-order valence-corrected chi connectivity index (χ1v) is 11.8. The number of benzene rings is 2. The molecule has 2 aromatic carbocycles. The molecule has 1 fully saturated rings. The lowest BCUT2D eigenvalue weighted by Crippen LogP contribution is -2.44. The minimum absolute atomic E-state index is 0.0301. The van der Waals surface area contributed by atoms with Crippen molar-refractivity contribution in [1.29, 1.82) is 0 Å². The number of hydrogen-bond donors (Lipinski definition) is 2. The minimum Gasteiger partial charge on any atom is -0.492 e. The summed E-state index contributed by atoms with van der Waals surface area (Å²) < 4.78 is 7.92. The van der Waals surface area contributed by atoms with Gasteiger partial charge in [-0.2, -0.15) is 4.98 Å². The number of anilines is 2. The van der Waals surface area contributed by atoms with E-state index in [1.54, 1.807) is 18.2 Å². The van der Waals surface area contributed by atoms with Gasteiger partial charge in [0.2, 0.25) is 5.95 Å². The van der Waals surface area contributed by atoms with Crippen LogP contribution in [0.5, 0.6) is 5.75 Å². The predicted octanol–water partition coefficient (Wildman–Crippen LogP) is 3.67. The molecule has 1 aliphatic carbocycles. The van der Waals surface area contributed by atoms with Crippen molar-refractivity contribution >= 4 is 29.2 Å². The van der Waals surface area contributed by atoms with Gasteiger partial charge in [0.1, 0.15) is 5.75 Å². The third-order valence-corrected chi connectivity index (χ3v) is 6.14. The van der Waals surface area contributed by atoms with Crippen molar-refractivity contribution in [2.24, 2.45) is 11.8 Å². The molecule has 1 aliphatic rings. The number of aromatic nitrogens is 3. The monoisotopic (exact) mass is 498 g/mol. The Kier molecular flexibility index (Phi) is 7.25. The number of nitrogens with one attached hydrogen (secondary N) is 1. The number of nitrogens with zero attached hydrogens (tertiary/aromatic N) is 3. The van der Waals surface area contributed by atoms with Gasteiger partial charge in [0.15, 0.2) is 0 Å². The highest BCUT2D eigenvalue weighted by Gasteiger charge is 2.22. The number of ether oxygens (including phenoxy) is 1. The average Bonchev–Trinajstić information content (AvgIpc) is 3.64. The lowest BCUT2D eigenvalue weighted by atomic mass is 10.1. The number of carboxylic acids is 1. The molecular weight excluding hydrogens is 472 g/mol. The minimum atomic E-state index is -1.11. The van der Waals surface area contributed by atoms with E-state index in [4.69, 9.17) is 16.3 Å². The van der Waals surface area contributed by atoms with Crippen LogP contribution in [0.4, 0.5) is 11.6 Å². The van der Waals surface area contributed by atoms with Gasteiger partial charge in [-0.3, -0.25) is 9.36 Å². The maximum Gasteiger partial charge on any atom is 0.354 e. The molecule has 1 atom stereocenters. The normalized spacial score (nSPS) is 13.9. The second-order valence-electron chi connectivity index (χ2n) is 8.95. The summed E-state index contributed by atoms with van der Waals surface area (Å²) in [5.74, 6) is -0.868. The highest BCUT2D eigenvalue weighted by Crippen LogP contribution is 2.33. The van der Waals surface area contributed by atoms with Crippen LogP contribution < -0.4 is 21.4 Å². The van der Waals surface area contributed by atoms with Gasteiger partial charge in [0.25, 0.3) is 0 Å².